The van der Waals surface area contributed by atoms with E-state index in [0.29, 0.717) is 5.54 Å². The molecule has 0 radical (unpaired) electrons. The van der Waals surface area contributed by atoms with Crippen LogP contribution in [-0.4, -0.2) is 30.1 Å². The van der Waals surface area contributed by atoms with Crippen molar-refractivity contribution in [2.45, 2.75) is 45.6 Å². The summed E-state index contributed by atoms with van der Waals surface area (Å²) in [6, 6.07) is 0. The van der Waals surface area contributed by atoms with Crippen LogP contribution in [0.25, 0.3) is 0 Å². The highest BCUT2D eigenvalue weighted by Crippen LogP contribution is 2.25. The topological polar surface area (TPSA) is 29.3 Å². The zero-order valence-corrected chi connectivity index (χ0v) is 9.34. The minimum Gasteiger partial charge on any atom is -0.330 e. The number of nitrogens with zero attached hydrogens (tertiary/aromatic N) is 1. The zero-order chi connectivity index (χ0) is 9.90. The summed E-state index contributed by atoms with van der Waals surface area (Å²) in [6.45, 7) is 10.3. The Morgan fingerprint density at radius 2 is 1.85 bits per heavy atom. The largest absolute Gasteiger partial charge is 0.330 e. The van der Waals surface area contributed by atoms with Gasteiger partial charge in [0.05, 0.1) is 0 Å². The van der Waals surface area contributed by atoms with Gasteiger partial charge in [-0.3, -0.25) is 4.90 Å². The lowest BCUT2D eigenvalue weighted by Gasteiger charge is -2.42. The maximum atomic E-state index is 5.67. The van der Waals surface area contributed by atoms with Gasteiger partial charge in [-0.25, -0.2) is 0 Å². The molecule has 0 spiro atoms. The van der Waals surface area contributed by atoms with Crippen LogP contribution in [-0.2, 0) is 0 Å². The van der Waals surface area contributed by atoms with Crippen LogP contribution in [0.3, 0.4) is 0 Å². The van der Waals surface area contributed by atoms with E-state index in [1.54, 1.807) is 0 Å². The van der Waals surface area contributed by atoms with E-state index in [4.69, 9.17) is 5.73 Å². The molecule has 0 bridgehead atoms. The van der Waals surface area contributed by atoms with E-state index in [-0.39, 0.29) is 0 Å². The van der Waals surface area contributed by atoms with Crippen molar-refractivity contribution in [2.75, 3.05) is 19.6 Å². The van der Waals surface area contributed by atoms with Gasteiger partial charge in [0.15, 0.2) is 0 Å². The van der Waals surface area contributed by atoms with Crippen LogP contribution < -0.4 is 5.73 Å². The standard InChI is InChI=1S/C11H24N2/c1-4-11(2,3)13-7-5-10(9-12)6-8-13/h10H,4-9,12H2,1-3H3. The second kappa shape index (κ2) is 4.43. The first-order chi connectivity index (χ1) is 6.10. The number of nitrogens with two attached hydrogens (primary N) is 1. The van der Waals surface area contributed by atoms with Gasteiger partial charge in [0.1, 0.15) is 0 Å². The van der Waals surface area contributed by atoms with E-state index in [0.717, 1.165) is 12.5 Å². The highest BCUT2D eigenvalue weighted by Gasteiger charge is 2.28. The number of piperidine rings is 1. The van der Waals surface area contributed by atoms with Crippen LogP contribution in [0.4, 0.5) is 0 Å². The predicted molar refractivity (Wildman–Crippen MR) is 57.7 cm³/mol. The van der Waals surface area contributed by atoms with Crippen molar-refractivity contribution in [1.82, 2.24) is 4.90 Å². The van der Waals surface area contributed by atoms with Gasteiger partial charge in [-0.1, -0.05) is 6.92 Å². The SMILES string of the molecule is CCC(C)(C)N1CCC(CN)CC1. The summed E-state index contributed by atoms with van der Waals surface area (Å²) < 4.78 is 0. The maximum Gasteiger partial charge on any atom is 0.0150 e. The monoisotopic (exact) mass is 184 g/mol. The molecule has 2 N–H and O–H groups in total. The highest BCUT2D eigenvalue weighted by molar-refractivity contribution is 4.84. The molecule has 1 heterocycles. The Bertz CT molecular complexity index is 146. The fourth-order valence-electron chi connectivity index (χ4n) is 2.00. The van der Waals surface area contributed by atoms with Gasteiger partial charge in [0.25, 0.3) is 0 Å². The normalized spacial score (nSPS) is 22.2. The molecule has 0 saturated carbocycles. The van der Waals surface area contributed by atoms with Gasteiger partial charge < -0.3 is 5.73 Å². The molecule has 0 aromatic rings. The smallest absolute Gasteiger partial charge is 0.0150 e. The lowest BCUT2D eigenvalue weighted by molar-refractivity contribution is 0.0735. The van der Waals surface area contributed by atoms with E-state index in [1.165, 1.54) is 32.4 Å². The Hall–Kier alpha value is -0.0800. The fraction of sp³-hybridized carbons (Fsp3) is 1.00. The lowest BCUT2D eigenvalue weighted by atomic mass is 9.91. The average molecular weight is 184 g/mol. The number of rotatable bonds is 3. The third-order valence-corrected chi connectivity index (χ3v) is 3.67. The van der Waals surface area contributed by atoms with Crippen molar-refractivity contribution in [3.05, 3.63) is 0 Å². The van der Waals surface area contributed by atoms with Crippen LogP contribution in [0.2, 0.25) is 0 Å². The minimum absolute atomic E-state index is 0.388. The molecular formula is C11H24N2. The Kier molecular flexibility index (Phi) is 3.74. The van der Waals surface area contributed by atoms with Crippen molar-refractivity contribution in [3.8, 4) is 0 Å². The molecule has 78 valence electrons. The summed E-state index contributed by atoms with van der Waals surface area (Å²) >= 11 is 0. The van der Waals surface area contributed by atoms with Crippen LogP contribution in [0.15, 0.2) is 0 Å². The van der Waals surface area contributed by atoms with E-state index in [9.17, 15) is 0 Å². The molecule has 1 aliphatic rings. The van der Waals surface area contributed by atoms with Crippen LogP contribution in [0.5, 0.6) is 0 Å². The molecule has 0 aromatic carbocycles. The summed E-state index contributed by atoms with van der Waals surface area (Å²) in [4.78, 5) is 2.61. The lowest BCUT2D eigenvalue weighted by Crippen LogP contribution is -2.48. The van der Waals surface area contributed by atoms with E-state index >= 15 is 0 Å². The first-order valence-electron chi connectivity index (χ1n) is 5.55. The molecule has 13 heavy (non-hydrogen) atoms. The Morgan fingerprint density at radius 1 is 1.31 bits per heavy atom. The van der Waals surface area contributed by atoms with Crippen molar-refractivity contribution >= 4 is 0 Å². The molecule has 1 saturated heterocycles. The molecule has 0 unspecified atom stereocenters. The van der Waals surface area contributed by atoms with Crippen molar-refractivity contribution < 1.29 is 0 Å². The van der Waals surface area contributed by atoms with Crippen molar-refractivity contribution in [3.63, 3.8) is 0 Å². The molecule has 2 nitrogen and oxygen atoms in total. The fourth-order valence-corrected chi connectivity index (χ4v) is 2.00. The summed E-state index contributed by atoms with van der Waals surface area (Å²) in [6.07, 6.45) is 3.82. The Balaban J connectivity index is 2.40. The highest BCUT2D eigenvalue weighted by atomic mass is 15.2. The summed E-state index contributed by atoms with van der Waals surface area (Å²) in [7, 11) is 0. The number of likely N-dealkylation sites (tertiary alicyclic amines) is 1. The second-order valence-electron chi connectivity index (χ2n) is 4.83. The van der Waals surface area contributed by atoms with Crippen molar-refractivity contribution in [1.29, 1.82) is 0 Å². The van der Waals surface area contributed by atoms with E-state index < -0.39 is 0 Å². The zero-order valence-electron chi connectivity index (χ0n) is 9.34. The maximum absolute atomic E-state index is 5.67. The van der Waals surface area contributed by atoms with Gasteiger partial charge in [0, 0.05) is 5.54 Å². The molecule has 1 aliphatic heterocycles. The Labute approximate surface area is 82.5 Å². The third-order valence-electron chi connectivity index (χ3n) is 3.67. The average Bonchev–Trinajstić information content (AvgIpc) is 2.18. The quantitative estimate of drug-likeness (QED) is 0.725. The van der Waals surface area contributed by atoms with Crippen LogP contribution in [0, 0.1) is 5.92 Å². The summed E-state index contributed by atoms with van der Waals surface area (Å²) in [5, 5.41) is 0. The molecule has 0 atom stereocenters. The number of hydrogen-bond acceptors (Lipinski definition) is 2. The molecule has 2 heteroatoms. The second-order valence-corrected chi connectivity index (χ2v) is 4.83. The van der Waals surface area contributed by atoms with Gasteiger partial charge in [0.2, 0.25) is 0 Å². The molecule has 0 aromatic heterocycles. The third kappa shape index (κ3) is 2.68. The van der Waals surface area contributed by atoms with Crippen LogP contribution in [0.1, 0.15) is 40.0 Å². The molecular weight excluding hydrogens is 160 g/mol. The summed E-state index contributed by atoms with van der Waals surface area (Å²) in [5.41, 5.74) is 6.06. The molecule has 1 rings (SSSR count). The summed E-state index contributed by atoms with van der Waals surface area (Å²) in [5.74, 6) is 0.781. The van der Waals surface area contributed by atoms with E-state index in [1.807, 2.05) is 0 Å². The van der Waals surface area contributed by atoms with Crippen LogP contribution >= 0.6 is 0 Å². The van der Waals surface area contributed by atoms with Crippen molar-refractivity contribution in [2.24, 2.45) is 11.7 Å². The molecule has 0 amide bonds. The molecule has 1 fully saturated rings. The van der Waals surface area contributed by atoms with Gasteiger partial charge in [-0.15, -0.1) is 0 Å². The first-order valence-corrected chi connectivity index (χ1v) is 5.55. The first kappa shape index (κ1) is 11.0. The number of hydrogen-bond donors (Lipinski definition) is 1. The van der Waals surface area contributed by atoms with Gasteiger partial charge >= 0.3 is 0 Å². The van der Waals surface area contributed by atoms with Gasteiger partial charge in [-0.2, -0.15) is 0 Å². The molecule has 0 aliphatic carbocycles. The van der Waals surface area contributed by atoms with Gasteiger partial charge in [-0.05, 0) is 58.7 Å². The van der Waals surface area contributed by atoms with E-state index in [2.05, 4.69) is 25.7 Å². The minimum atomic E-state index is 0.388. The predicted octanol–water partition coefficient (Wildman–Crippen LogP) is 1.85. The Morgan fingerprint density at radius 3 is 2.23 bits per heavy atom.